The Balaban J connectivity index is 2.39. The van der Waals surface area contributed by atoms with Crippen LogP contribution in [0.3, 0.4) is 0 Å². The SMILES string of the molecule is C=C/C=C\C(=C)C1CCCCC1. The van der Waals surface area contributed by atoms with Crippen LogP contribution < -0.4 is 0 Å². The van der Waals surface area contributed by atoms with Crippen LogP contribution >= 0.6 is 0 Å². The zero-order chi connectivity index (χ0) is 8.81. The smallest absolute Gasteiger partial charge is 0.0168 e. The standard InChI is InChI=1S/C12H18/c1-3-4-8-11(2)12-9-6-5-7-10-12/h3-4,8,12H,1-2,5-7,9-10H2/b8-4-. The summed E-state index contributed by atoms with van der Waals surface area (Å²) in [6.45, 7) is 7.73. The molecule has 12 heavy (non-hydrogen) atoms. The maximum absolute atomic E-state index is 4.08. The van der Waals surface area contributed by atoms with Crippen molar-refractivity contribution in [3.05, 3.63) is 37.0 Å². The number of hydrogen-bond donors (Lipinski definition) is 0. The van der Waals surface area contributed by atoms with Crippen LogP contribution in [-0.2, 0) is 0 Å². The summed E-state index contributed by atoms with van der Waals surface area (Å²) >= 11 is 0. The van der Waals surface area contributed by atoms with Gasteiger partial charge in [0.05, 0.1) is 0 Å². The third-order valence-corrected chi connectivity index (χ3v) is 2.58. The molecule has 0 spiro atoms. The van der Waals surface area contributed by atoms with Crippen molar-refractivity contribution >= 4 is 0 Å². The van der Waals surface area contributed by atoms with Crippen LogP contribution in [-0.4, -0.2) is 0 Å². The second-order valence-corrected chi connectivity index (χ2v) is 3.50. The van der Waals surface area contributed by atoms with Crippen LogP contribution in [0.15, 0.2) is 37.0 Å². The summed E-state index contributed by atoms with van der Waals surface area (Å²) in [6, 6.07) is 0. The number of rotatable bonds is 3. The average molecular weight is 162 g/mol. The minimum absolute atomic E-state index is 0.745. The molecule has 0 heterocycles. The summed E-state index contributed by atoms with van der Waals surface area (Å²) in [5.74, 6) is 0.745. The number of allylic oxidation sites excluding steroid dienone is 4. The lowest BCUT2D eigenvalue weighted by atomic mass is 9.84. The predicted molar refractivity (Wildman–Crippen MR) is 55.1 cm³/mol. The first-order valence-corrected chi connectivity index (χ1v) is 4.82. The normalized spacial score (nSPS) is 19.7. The van der Waals surface area contributed by atoms with Gasteiger partial charge in [0.25, 0.3) is 0 Å². The molecule has 1 aliphatic rings. The molecule has 0 unspecified atom stereocenters. The van der Waals surface area contributed by atoms with Gasteiger partial charge in [0, 0.05) is 0 Å². The van der Waals surface area contributed by atoms with E-state index in [2.05, 4.69) is 19.2 Å². The molecular formula is C12H18. The summed E-state index contributed by atoms with van der Waals surface area (Å²) in [4.78, 5) is 0. The average Bonchev–Trinajstić information content (AvgIpc) is 2.15. The Morgan fingerprint density at radius 3 is 2.42 bits per heavy atom. The van der Waals surface area contributed by atoms with Gasteiger partial charge >= 0.3 is 0 Å². The largest absolute Gasteiger partial charge is 0.0991 e. The monoisotopic (exact) mass is 162 g/mol. The third kappa shape index (κ3) is 2.69. The fourth-order valence-corrected chi connectivity index (χ4v) is 1.80. The van der Waals surface area contributed by atoms with Crippen LogP contribution in [0.2, 0.25) is 0 Å². The van der Waals surface area contributed by atoms with Gasteiger partial charge < -0.3 is 0 Å². The zero-order valence-corrected chi connectivity index (χ0v) is 7.76. The molecule has 0 N–H and O–H groups in total. The summed E-state index contributed by atoms with van der Waals surface area (Å²) in [5.41, 5.74) is 1.29. The van der Waals surface area contributed by atoms with Crippen molar-refractivity contribution in [2.75, 3.05) is 0 Å². The summed E-state index contributed by atoms with van der Waals surface area (Å²) in [6.07, 6.45) is 12.7. The highest BCUT2D eigenvalue weighted by atomic mass is 14.2. The van der Waals surface area contributed by atoms with Crippen molar-refractivity contribution in [2.45, 2.75) is 32.1 Å². The molecule has 0 saturated heterocycles. The second-order valence-electron chi connectivity index (χ2n) is 3.50. The predicted octanol–water partition coefficient (Wildman–Crippen LogP) is 3.87. The molecule has 0 radical (unpaired) electrons. The van der Waals surface area contributed by atoms with Crippen molar-refractivity contribution < 1.29 is 0 Å². The Hall–Kier alpha value is -0.780. The summed E-state index contributed by atoms with van der Waals surface area (Å²) < 4.78 is 0. The molecule has 0 aliphatic heterocycles. The van der Waals surface area contributed by atoms with Gasteiger partial charge in [0.2, 0.25) is 0 Å². The fourth-order valence-electron chi connectivity index (χ4n) is 1.80. The van der Waals surface area contributed by atoms with Crippen LogP contribution in [0.5, 0.6) is 0 Å². The highest BCUT2D eigenvalue weighted by Gasteiger charge is 2.13. The van der Waals surface area contributed by atoms with E-state index in [1.54, 1.807) is 0 Å². The molecule has 0 aromatic heterocycles. The fraction of sp³-hybridized carbons (Fsp3) is 0.500. The van der Waals surface area contributed by atoms with Gasteiger partial charge in [-0.1, -0.05) is 56.2 Å². The molecule has 66 valence electrons. The van der Waals surface area contributed by atoms with Gasteiger partial charge in [-0.05, 0) is 18.8 Å². The van der Waals surface area contributed by atoms with Crippen LogP contribution in [0.25, 0.3) is 0 Å². The molecule has 1 saturated carbocycles. The van der Waals surface area contributed by atoms with E-state index < -0.39 is 0 Å². The van der Waals surface area contributed by atoms with Crippen molar-refractivity contribution in [1.29, 1.82) is 0 Å². The Morgan fingerprint density at radius 1 is 1.17 bits per heavy atom. The minimum atomic E-state index is 0.745. The van der Waals surface area contributed by atoms with Gasteiger partial charge in [-0.2, -0.15) is 0 Å². The lowest BCUT2D eigenvalue weighted by molar-refractivity contribution is 0.409. The Kier molecular flexibility index (Phi) is 3.86. The minimum Gasteiger partial charge on any atom is -0.0991 e. The van der Waals surface area contributed by atoms with E-state index in [1.165, 1.54) is 37.7 Å². The van der Waals surface area contributed by atoms with Gasteiger partial charge in [0.15, 0.2) is 0 Å². The molecule has 0 atom stereocenters. The lowest BCUT2D eigenvalue weighted by Crippen LogP contribution is -2.06. The second kappa shape index (κ2) is 4.97. The third-order valence-electron chi connectivity index (χ3n) is 2.58. The quantitative estimate of drug-likeness (QED) is 0.553. The van der Waals surface area contributed by atoms with E-state index in [1.807, 2.05) is 12.2 Å². The Morgan fingerprint density at radius 2 is 1.83 bits per heavy atom. The van der Waals surface area contributed by atoms with Crippen LogP contribution in [0, 0.1) is 5.92 Å². The van der Waals surface area contributed by atoms with E-state index in [-0.39, 0.29) is 0 Å². The van der Waals surface area contributed by atoms with Crippen molar-refractivity contribution in [1.82, 2.24) is 0 Å². The van der Waals surface area contributed by atoms with Gasteiger partial charge in [-0.25, -0.2) is 0 Å². The number of hydrogen-bond acceptors (Lipinski definition) is 0. The maximum atomic E-state index is 4.08. The van der Waals surface area contributed by atoms with Gasteiger partial charge in [-0.15, -0.1) is 0 Å². The van der Waals surface area contributed by atoms with E-state index >= 15 is 0 Å². The molecule has 0 aromatic rings. The van der Waals surface area contributed by atoms with Crippen molar-refractivity contribution in [3.63, 3.8) is 0 Å². The highest BCUT2D eigenvalue weighted by Crippen LogP contribution is 2.29. The maximum Gasteiger partial charge on any atom is -0.0168 e. The van der Waals surface area contributed by atoms with E-state index in [0.29, 0.717) is 0 Å². The molecule has 0 bridgehead atoms. The zero-order valence-electron chi connectivity index (χ0n) is 7.76. The van der Waals surface area contributed by atoms with Crippen LogP contribution in [0.4, 0.5) is 0 Å². The molecule has 1 aliphatic carbocycles. The molecule has 0 heteroatoms. The van der Waals surface area contributed by atoms with E-state index in [4.69, 9.17) is 0 Å². The van der Waals surface area contributed by atoms with Crippen molar-refractivity contribution in [2.24, 2.45) is 5.92 Å². The van der Waals surface area contributed by atoms with Gasteiger partial charge in [-0.3, -0.25) is 0 Å². The topological polar surface area (TPSA) is 0 Å². The first-order valence-electron chi connectivity index (χ1n) is 4.82. The van der Waals surface area contributed by atoms with Gasteiger partial charge in [0.1, 0.15) is 0 Å². The molecular weight excluding hydrogens is 144 g/mol. The first-order chi connectivity index (χ1) is 5.84. The molecule has 1 fully saturated rings. The van der Waals surface area contributed by atoms with Crippen LogP contribution in [0.1, 0.15) is 32.1 Å². The lowest BCUT2D eigenvalue weighted by Gasteiger charge is -2.21. The summed E-state index contributed by atoms with van der Waals surface area (Å²) in [5, 5.41) is 0. The van der Waals surface area contributed by atoms with E-state index in [9.17, 15) is 0 Å². The van der Waals surface area contributed by atoms with Crippen molar-refractivity contribution in [3.8, 4) is 0 Å². The first kappa shape index (κ1) is 9.31. The Labute approximate surface area is 75.7 Å². The van der Waals surface area contributed by atoms with E-state index in [0.717, 1.165) is 5.92 Å². The molecule has 1 rings (SSSR count). The highest BCUT2D eigenvalue weighted by molar-refractivity contribution is 5.21. The molecule has 0 aromatic carbocycles. The molecule has 0 nitrogen and oxygen atoms in total. The molecule has 0 amide bonds. The Bertz CT molecular complexity index is 180. The summed E-state index contributed by atoms with van der Waals surface area (Å²) in [7, 11) is 0.